The highest BCUT2D eigenvalue weighted by Gasteiger charge is 2.78. The molecule has 15 heteroatoms. The van der Waals surface area contributed by atoms with E-state index >= 15 is 0 Å². The quantitative estimate of drug-likeness (QED) is 0.147. The lowest BCUT2D eigenvalue weighted by Crippen LogP contribution is -2.81. The third kappa shape index (κ3) is 7.10. The van der Waals surface area contributed by atoms with Crippen molar-refractivity contribution in [2.24, 2.45) is 16.7 Å². The number of amides is 1. The number of Topliss-reactive ketones (excluding diaryl/α,β-unsaturated/α-hetero) is 1. The van der Waals surface area contributed by atoms with Gasteiger partial charge in [-0.25, -0.2) is 14.4 Å². The molecule has 15 nitrogen and oxygen atoms in total. The van der Waals surface area contributed by atoms with Crippen molar-refractivity contribution in [3.63, 3.8) is 0 Å². The molecule has 6 rings (SSSR count). The van der Waals surface area contributed by atoms with E-state index in [0.717, 1.165) is 6.92 Å². The van der Waals surface area contributed by atoms with Crippen LogP contribution in [0.5, 0.6) is 0 Å². The molecule has 1 heterocycles. The van der Waals surface area contributed by atoms with Crippen LogP contribution in [0, 0.1) is 16.7 Å². The molecular weight excluding hydrogens is 754 g/mol. The van der Waals surface area contributed by atoms with Gasteiger partial charge in [-0.1, -0.05) is 62.4 Å². The molecule has 0 unspecified atom stereocenters. The number of benzene rings is 2. The van der Waals surface area contributed by atoms with E-state index in [-0.39, 0.29) is 29.7 Å². The van der Waals surface area contributed by atoms with Gasteiger partial charge in [0.25, 0.3) is 0 Å². The molecule has 1 amide bonds. The lowest BCUT2D eigenvalue weighted by Gasteiger charge is -2.67. The van der Waals surface area contributed by atoms with Crippen molar-refractivity contribution in [2.75, 3.05) is 6.61 Å². The Kier molecular flexibility index (Phi) is 11.2. The van der Waals surface area contributed by atoms with Crippen molar-refractivity contribution in [1.82, 2.24) is 5.32 Å². The average Bonchev–Trinajstić information content (AvgIpc) is 3.14. The van der Waals surface area contributed by atoms with Crippen molar-refractivity contribution >= 4 is 29.8 Å². The zero-order valence-electron chi connectivity index (χ0n) is 33.9. The zero-order valence-corrected chi connectivity index (χ0v) is 33.9. The van der Waals surface area contributed by atoms with Gasteiger partial charge in [0.1, 0.15) is 35.6 Å². The number of ketones is 1. The maximum atomic E-state index is 14.9. The van der Waals surface area contributed by atoms with Crippen LogP contribution in [0.3, 0.4) is 0 Å². The number of aliphatic hydroxyl groups is 4. The zero-order chi connectivity index (χ0) is 42.7. The fraction of sp³-hybridized carbons (Fsp3) is 0.558. The van der Waals surface area contributed by atoms with E-state index in [9.17, 15) is 44.4 Å². The maximum absolute atomic E-state index is 14.9. The number of hydrogen-bond donors (Lipinski definition) is 5. The van der Waals surface area contributed by atoms with E-state index in [1.165, 1.54) is 26.0 Å². The molecule has 2 aromatic carbocycles. The summed E-state index contributed by atoms with van der Waals surface area (Å²) in [6, 6.07) is 14.6. The van der Waals surface area contributed by atoms with Crippen LogP contribution in [0.4, 0.5) is 4.79 Å². The van der Waals surface area contributed by atoms with Crippen molar-refractivity contribution < 1.29 is 68.1 Å². The Hall–Kier alpha value is -4.67. The second kappa shape index (κ2) is 15.2. The van der Waals surface area contributed by atoms with Gasteiger partial charge in [-0.15, -0.1) is 0 Å². The number of rotatable bonds is 8. The van der Waals surface area contributed by atoms with E-state index in [1.807, 2.05) is 0 Å². The van der Waals surface area contributed by atoms with Crippen LogP contribution in [0.2, 0.25) is 0 Å². The fourth-order valence-electron chi connectivity index (χ4n) is 9.56. The van der Waals surface area contributed by atoms with Gasteiger partial charge in [-0.2, -0.15) is 0 Å². The molecule has 0 radical (unpaired) electrons. The van der Waals surface area contributed by atoms with Crippen LogP contribution in [-0.4, -0.2) is 110 Å². The first kappa shape index (κ1) is 42.9. The highest BCUT2D eigenvalue weighted by atomic mass is 16.6. The van der Waals surface area contributed by atoms with Gasteiger partial charge in [0.05, 0.1) is 35.6 Å². The van der Waals surface area contributed by atoms with Crippen molar-refractivity contribution in [3.8, 4) is 0 Å². The van der Waals surface area contributed by atoms with Gasteiger partial charge in [-0.05, 0) is 63.5 Å². The Morgan fingerprint density at radius 3 is 2.10 bits per heavy atom. The number of carbonyl (C=O) groups is 5. The summed E-state index contributed by atoms with van der Waals surface area (Å²) < 4.78 is 29.5. The third-order valence-corrected chi connectivity index (χ3v) is 12.6. The van der Waals surface area contributed by atoms with Crippen LogP contribution in [-0.2, 0) is 38.1 Å². The first-order valence-electron chi connectivity index (χ1n) is 19.3. The van der Waals surface area contributed by atoms with Crippen molar-refractivity contribution in [3.05, 3.63) is 82.9 Å². The molecule has 314 valence electrons. The normalized spacial score (nSPS) is 33.7. The Bertz CT molecular complexity index is 1980. The number of carbonyl (C=O) groups excluding carboxylic acids is 5. The highest BCUT2D eigenvalue weighted by Crippen LogP contribution is 2.64. The van der Waals surface area contributed by atoms with E-state index in [2.05, 4.69) is 5.32 Å². The Morgan fingerprint density at radius 2 is 1.55 bits per heavy atom. The van der Waals surface area contributed by atoms with E-state index in [4.69, 9.17) is 23.7 Å². The lowest BCUT2D eigenvalue weighted by molar-refractivity contribution is -0.346. The predicted molar refractivity (Wildman–Crippen MR) is 204 cm³/mol. The molecule has 1 saturated heterocycles. The second-order valence-corrected chi connectivity index (χ2v) is 17.6. The minimum absolute atomic E-state index is 0.0637. The lowest BCUT2D eigenvalue weighted by atomic mass is 9.44. The predicted octanol–water partition coefficient (Wildman–Crippen LogP) is 3.26. The average molecular weight is 808 g/mol. The number of alkyl carbamates (subject to hydrolysis) is 1. The summed E-state index contributed by atoms with van der Waals surface area (Å²) in [6.07, 6.45) is -11.5. The second-order valence-electron chi connectivity index (χ2n) is 17.6. The Balaban J connectivity index is 1.49. The molecule has 1 aliphatic heterocycles. The number of nitrogens with one attached hydrogen (secondary N) is 1. The van der Waals surface area contributed by atoms with Crippen LogP contribution in [0.25, 0.3) is 0 Å². The molecule has 0 spiro atoms. The summed E-state index contributed by atoms with van der Waals surface area (Å²) in [6.45, 7) is 11.8. The fourth-order valence-corrected chi connectivity index (χ4v) is 9.56. The number of aliphatic hydroxyl groups excluding tert-OH is 3. The number of fused-ring (bicyclic) bond motifs is 5. The molecule has 3 fully saturated rings. The van der Waals surface area contributed by atoms with Gasteiger partial charge < -0.3 is 49.4 Å². The SMILES string of the molecule is CC(=O)O[C@@]12CO[C@@H]1C[C@H](O)[C@]1(C)C(=O)[C@H](O)C3=C(C)[C@@H](OC(=O)[C@H](O)[C@@H](NC(=O)OC(C)(C)C)c4ccccc4)C[C@@](O)([C@@H](OC(=O)c4ccccc4)[C@H]21)C3(C)C. The van der Waals surface area contributed by atoms with Crippen molar-refractivity contribution in [2.45, 2.75) is 128 Å². The first-order valence-corrected chi connectivity index (χ1v) is 19.3. The molecule has 5 N–H and O–H groups in total. The highest BCUT2D eigenvalue weighted by molar-refractivity contribution is 5.94. The number of hydrogen-bond acceptors (Lipinski definition) is 14. The first-order chi connectivity index (χ1) is 27.0. The van der Waals surface area contributed by atoms with Gasteiger partial charge in [0, 0.05) is 25.2 Å². The Morgan fingerprint density at radius 1 is 0.948 bits per heavy atom. The maximum Gasteiger partial charge on any atom is 0.408 e. The minimum atomic E-state index is -2.35. The van der Waals surface area contributed by atoms with Crippen LogP contribution < -0.4 is 5.32 Å². The molecular formula is C43H53NO14. The summed E-state index contributed by atoms with van der Waals surface area (Å²) >= 11 is 0. The molecule has 4 aliphatic rings. The van der Waals surface area contributed by atoms with Crippen LogP contribution >= 0.6 is 0 Å². The molecule has 2 aromatic rings. The minimum Gasteiger partial charge on any atom is -0.456 e. The number of ether oxygens (including phenoxy) is 5. The topological polar surface area (TPSA) is 224 Å². The Labute approximate surface area is 336 Å². The monoisotopic (exact) mass is 807 g/mol. The van der Waals surface area contributed by atoms with E-state index < -0.39 is 112 Å². The van der Waals surface area contributed by atoms with Gasteiger partial charge in [0.15, 0.2) is 17.5 Å². The van der Waals surface area contributed by atoms with Crippen molar-refractivity contribution in [1.29, 1.82) is 0 Å². The smallest absolute Gasteiger partial charge is 0.408 e. The van der Waals surface area contributed by atoms with Gasteiger partial charge >= 0.3 is 24.0 Å². The van der Waals surface area contributed by atoms with E-state index in [0.29, 0.717) is 5.56 Å². The summed E-state index contributed by atoms with van der Waals surface area (Å²) in [5, 5.41) is 51.6. The van der Waals surface area contributed by atoms with Gasteiger partial charge in [0.2, 0.25) is 0 Å². The molecule has 2 bridgehead atoms. The standard InChI is InChI=1S/C43H53NO14/c1-22-26(55-37(51)32(48)30(24-15-11-9-12-16-24)44-38(52)58-39(3,4)5)20-43(53)35(56-36(50)25-17-13-10-14-18-25)33-41(8,34(49)31(47)29(22)40(43,6)7)27(46)19-28-42(33,21-54-28)57-23(2)45/h9-18,26-28,30-33,35,46-48,53H,19-21H2,1-8H3,(H,44,52)/t26-,27-,28+,30-,31+,32+,33-,35-,41-,42-,43+/m0/s1. The third-order valence-electron chi connectivity index (χ3n) is 12.6. The van der Waals surface area contributed by atoms with Gasteiger partial charge in [-0.3, -0.25) is 9.59 Å². The summed E-state index contributed by atoms with van der Waals surface area (Å²) in [7, 11) is 0. The molecule has 3 aliphatic carbocycles. The largest absolute Gasteiger partial charge is 0.456 e. The van der Waals surface area contributed by atoms with Crippen LogP contribution in [0.1, 0.15) is 90.2 Å². The molecule has 58 heavy (non-hydrogen) atoms. The number of esters is 3. The summed E-state index contributed by atoms with van der Waals surface area (Å²) in [5.41, 5.74) is -8.14. The van der Waals surface area contributed by atoms with E-state index in [1.54, 1.807) is 83.1 Å². The summed E-state index contributed by atoms with van der Waals surface area (Å²) in [5.74, 6) is -5.36. The van der Waals surface area contributed by atoms with Crippen LogP contribution in [0.15, 0.2) is 71.8 Å². The molecule has 2 saturated carbocycles. The summed E-state index contributed by atoms with van der Waals surface area (Å²) in [4.78, 5) is 68.9. The molecule has 11 atom stereocenters. The molecule has 0 aromatic heterocycles.